The lowest BCUT2D eigenvalue weighted by Gasteiger charge is -1.95. The predicted octanol–water partition coefficient (Wildman–Crippen LogP) is 2.30. The Kier molecular flexibility index (Phi) is 4.89. The first kappa shape index (κ1) is 11.8. The third-order valence-electron chi connectivity index (χ3n) is 1.38. The topological polar surface area (TPSA) is 43.8 Å². The summed E-state index contributed by atoms with van der Waals surface area (Å²) in [7, 11) is 0. The first-order valence-electron chi connectivity index (χ1n) is 4.55. The van der Waals surface area contributed by atoms with E-state index in [1.807, 2.05) is 51.6 Å². The Morgan fingerprint density at radius 2 is 2.00 bits per heavy atom. The molecule has 0 bridgehead atoms. The molecule has 0 aromatic carbocycles. The molecule has 13 heavy (non-hydrogen) atoms. The zero-order valence-electron chi connectivity index (χ0n) is 9.13. The van der Waals surface area contributed by atoms with Gasteiger partial charge in [-0.3, -0.25) is 0 Å². The molecule has 0 unspecified atom stereocenters. The summed E-state index contributed by atoms with van der Waals surface area (Å²) in [5.41, 5.74) is 7.31. The van der Waals surface area contributed by atoms with Gasteiger partial charge in [-0.2, -0.15) is 0 Å². The molecule has 1 aromatic rings. The molecule has 0 saturated carbocycles. The van der Waals surface area contributed by atoms with Gasteiger partial charge >= 0.3 is 0 Å². The van der Waals surface area contributed by atoms with E-state index in [1.165, 1.54) is 0 Å². The van der Waals surface area contributed by atoms with Crippen LogP contribution in [0.15, 0.2) is 11.9 Å². The van der Waals surface area contributed by atoms with E-state index in [0.717, 1.165) is 17.2 Å². The Morgan fingerprint density at radius 3 is 2.31 bits per heavy atom. The fourth-order valence-corrected chi connectivity index (χ4v) is 0.987. The molecule has 0 amide bonds. The van der Waals surface area contributed by atoms with Gasteiger partial charge in [-0.25, -0.2) is 4.98 Å². The van der Waals surface area contributed by atoms with Gasteiger partial charge in [0.2, 0.25) is 0 Å². The largest absolute Gasteiger partial charge is 0.401 e. The SMILES string of the molecule is C/C(N)=C/n1cc(C)nc1C.CC. The van der Waals surface area contributed by atoms with Crippen LogP contribution < -0.4 is 5.73 Å². The monoisotopic (exact) mass is 181 g/mol. The molecule has 1 aromatic heterocycles. The summed E-state index contributed by atoms with van der Waals surface area (Å²) in [4.78, 5) is 4.23. The average Bonchev–Trinajstić information content (AvgIpc) is 2.33. The van der Waals surface area contributed by atoms with Gasteiger partial charge in [0.25, 0.3) is 0 Å². The minimum Gasteiger partial charge on any atom is -0.401 e. The van der Waals surface area contributed by atoms with E-state index < -0.39 is 0 Å². The van der Waals surface area contributed by atoms with E-state index in [0.29, 0.717) is 0 Å². The molecule has 1 rings (SSSR count). The summed E-state index contributed by atoms with van der Waals surface area (Å²) in [5, 5.41) is 0. The maximum absolute atomic E-state index is 5.52. The molecule has 1 heterocycles. The van der Waals surface area contributed by atoms with Gasteiger partial charge in [0, 0.05) is 18.1 Å². The average molecular weight is 181 g/mol. The van der Waals surface area contributed by atoms with Gasteiger partial charge in [0.05, 0.1) is 5.69 Å². The molecular weight excluding hydrogens is 162 g/mol. The van der Waals surface area contributed by atoms with E-state index in [4.69, 9.17) is 5.73 Å². The number of nitrogens with two attached hydrogens (primary N) is 1. The lowest BCUT2D eigenvalue weighted by atomic mass is 10.5. The minimum absolute atomic E-state index is 0.783. The standard InChI is InChI=1S/C8H13N3.C2H6/c1-6(9)4-11-5-7(2)10-8(11)3;1-2/h4-5H,9H2,1-3H3;1-2H3/b6-4-;. The number of hydrogen-bond acceptors (Lipinski definition) is 2. The summed E-state index contributed by atoms with van der Waals surface area (Å²) in [6.07, 6.45) is 3.81. The van der Waals surface area contributed by atoms with Gasteiger partial charge in [-0.05, 0) is 20.8 Å². The molecule has 0 spiro atoms. The van der Waals surface area contributed by atoms with E-state index in [2.05, 4.69) is 4.98 Å². The van der Waals surface area contributed by atoms with Gasteiger partial charge < -0.3 is 10.3 Å². The van der Waals surface area contributed by atoms with Crippen LogP contribution in [-0.4, -0.2) is 9.55 Å². The first-order chi connectivity index (χ1) is 6.09. The number of aromatic nitrogens is 2. The normalized spacial score (nSPS) is 10.7. The number of aryl methyl sites for hydroxylation is 2. The maximum atomic E-state index is 5.52. The summed E-state index contributed by atoms with van der Waals surface area (Å²) in [5.74, 6) is 0.965. The van der Waals surface area contributed by atoms with Crippen molar-refractivity contribution in [1.29, 1.82) is 0 Å². The Labute approximate surface area is 80.3 Å². The smallest absolute Gasteiger partial charge is 0.109 e. The van der Waals surface area contributed by atoms with Crippen molar-refractivity contribution < 1.29 is 0 Å². The van der Waals surface area contributed by atoms with Gasteiger partial charge in [0.1, 0.15) is 5.82 Å². The molecular formula is C10H19N3. The number of hydrogen-bond donors (Lipinski definition) is 1. The summed E-state index contributed by atoms with van der Waals surface area (Å²) in [6.45, 7) is 9.77. The zero-order valence-corrected chi connectivity index (χ0v) is 9.13. The van der Waals surface area contributed by atoms with E-state index in [-0.39, 0.29) is 0 Å². The van der Waals surface area contributed by atoms with Gasteiger partial charge in [0.15, 0.2) is 0 Å². The van der Waals surface area contributed by atoms with Crippen LogP contribution in [0.3, 0.4) is 0 Å². The molecule has 2 N–H and O–H groups in total. The highest BCUT2D eigenvalue weighted by Crippen LogP contribution is 2.01. The van der Waals surface area contributed by atoms with Crippen LogP contribution in [0.4, 0.5) is 0 Å². The number of rotatable bonds is 1. The lowest BCUT2D eigenvalue weighted by Crippen LogP contribution is -1.95. The summed E-state index contributed by atoms with van der Waals surface area (Å²) < 4.78 is 1.92. The highest BCUT2D eigenvalue weighted by molar-refractivity contribution is 5.29. The van der Waals surface area contributed by atoms with Crippen LogP contribution in [0.1, 0.15) is 32.3 Å². The molecule has 74 valence electrons. The van der Waals surface area contributed by atoms with Crippen molar-refractivity contribution in [2.24, 2.45) is 5.73 Å². The second-order valence-corrected chi connectivity index (χ2v) is 2.71. The third kappa shape index (κ3) is 3.78. The minimum atomic E-state index is 0.783. The molecule has 0 aliphatic rings. The summed E-state index contributed by atoms with van der Waals surface area (Å²) in [6, 6.07) is 0. The van der Waals surface area contributed by atoms with Crippen molar-refractivity contribution in [3.05, 3.63) is 23.4 Å². The van der Waals surface area contributed by atoms with Gasteiger partial charge in [-0.15, -0.1) is 0 Å². The molecule has 0 aliphatic heterocycles. The van der Waals surface area contributed by atoms with Crippen LogP contribution in [0.5, 0.6) is 0 Å². The van der Waals surface area contributed by atoms with E-state index in [9.17, 15) is 0 Å². The Bertz CT molecular complexity index is 280. The van der Waals surface area contributed by atoms with Crippen LogP contribution in [0, 0.1) is 13.8 Å². The number of imidazole rings is 1. The molecule has 0 saturated heterocycles. The predicted molar refractivity (Wildman–Crippen MR) is 57.2 cm³/mol. The lowest BCUT2D eigenvalue weighted by molar-refractivity contribution is 1.02. The van der Waals surface area contributed by atoms with Crippen molar-refractivity contribution in [3.63, 3.8) is 0 Å². The van der Waals surface area contributed by atoms with Crippen LogP contribution in [0.25, 0.3) is 6.20 Å². The van der Waals surface area contributed by atoms with Gasteiger partial charge in [-0.1, -0.05) is 13.8 Å². The van der Waals surface area contributed by atoms with E-state index >= 15 is 0 Å². The quantitative estimate of drug-likeness (QED) is 0.722. The maximum Gasteiger partial charge on any atom is 0.109 e. The molecule has 3 nitrogen and oxygen atoms in total. The molecule has 3 heteroatoms. The summed E-state index contributed by atoms with van der Waals surface area (Å²) >= 11 is 0. The highest BCUT2D eigenvalue weighted by Gasteiger charge is 1.95. The molecule has 0 fully saturated rings. The van der Waals surface area contributed by atoms with Crippen molar-refractivity contribution in [3.8, 4) is 0 Å². The molecule has 0 aliphatic carbocycles. The highest BCUT2D eigenvalue weighted by atomic mass is 15.1. The van der Waals surface area contributed by atoms with Crippen LogP contribution in [0.2, 0.25) is 0 Å². The Balaban J connectivity index is 0.000000671. The van der Waals surface area contributed by atoms with Crippen molar-refractivity contribution in [2.45, 2.75) is 34.6 Å². The number of allylic oxidation sites excluding steroid dienone is 1. The third-order valence-corrected chi connectivity index (χ3v) is 1.38. The fraction of sp³-hybridized carbons (Fsp3) is 0.500. The van der Waals surface area contributed by atoms with E-state index in [1.54, 1.807) is 0 Å². The van der Waals surface area contributed by atoms with Crippen molar-refractivity contribution >= 4 is 6.20 Å². The molecule has 0 radical (unpaired) electrons. The van der Waals surface area contributed by atoms with Crippen molar-refractivity contribution in [1.82, 2.24) is 9.55 Å². The Morgan fingerprint density at radius 1 is 1.46 bits per heavy atom. The van der Waals surface area contributed by atoms with Crippen LogP contribution in [-0.2, 0) is 0 Å². The zero-order chi connectivity index (χ0) is 10.4. The van der Waals surface area contributed by atoms with Crippen molar-refractivity contribution in [2.75, 3.05) is 0 Å². The molecule has 0 atom stereocenters. The second kappa shape index (κ2) is 5.41. The Hall–Kier alpha value is -1.25. The first-order valence-corrected chi connectivity index (χ1v) is 4.55. The van der Waals surface area contributed by atoms with Crippen LogP contribution >= 0.6 is 0 Å². The number of nitrogens with zero attached hydrogens (tertiary/aromatic N) is 2. The second-order valence-electron chi connectivity index (χ2n) is 2.71. The fourth-order valence-electron chi connectivity index (χ4n) is 0.987.